The Balaban J connectivity index is 1.49. The SMILES string of the molecule is CCOc1ccc(-c2nc(-c3cccc(NC(=O)C4CCCC4)c3)no2)cc1. The molecular weight excluding hydrogens is 354 g/mol. The molecule has 1 N–H and O–H groups in total. The van der Waals surface area contributed by atoms with Crippen LogP contribution in [0.1, 0.15) is 32.6 Å². The van der Waals surface area contributed by atoms with Gasteiger partial charge in [0.1, 0.15) is 5.75 Å². The summed E-state index contributed by atoms with van der Waals surface area (Å²) in [6.07, 6.45) is 4.22. The van der Waals surface area contributed by atoms with Crippen LogP contribution in [0.15, 0.2) is 53.1 Å². The number of nitrogens with zero attached hydrogens (tertiary/aromatic N) is 2. The highest BCUT2D eigenvalue weighted by atomic mass is 16.5. The first-order valence-corrected chi connectivity index (χ1v) is 9.71. The van der Waals surface area contributed by atoms with E-state index < -0.39 is 0 Å². The van der Waals surface area contributed by atoms with Crippen LogP contribution in [-0.2, 0) is 4.79 Å². The first-order valence-electron chi connectivity index (χ1n) is 9.71. The van der Waals surface area contributed by atoms with Crippen molar-refractivity contribution in [1.29, 1.82) is 0 Å². The van der Waals surface area contributed by atoms with Gasteiger partial charge in [0.2, 0.25) is 11.7 Å². The third-order valence-electron chi connectivity index (χ3n) is 4.95. The number of carbonyl (C=O) groups excluding carboxylic acids is 1. The standard InChI is InChI=1S/C22H23N3O3/c1-2-27-19-12-10-16(11-13-19)22-24-20(25-28-22)17-8-5-9-18(14-17)23-21(26)15-6-3-4-7-15/h5,8-15H,2-4,6-7H2,1H3,(H,23,26). The molecule has 1 amide bonds. The highest BCUT2D eigenvalue weighted by molar-refractivity contribution is 5.93. The van der Waals surface area contributed by atoms with Crippen LogP contribution in [-0.4, -0.2) is 22.7 Å². The fourth-order valence-electron chi connectivity index (χ4n) is 3.49. The van der Waals surface area contributed by atoms with Gasteiger partial charge in [-0.15, -0.1) is 0 Å². The molecule has 1 aliphatic rings. The highest BCUT2D eigenvalue weighted by Gasteiger charge is 2.22. The third kappa shape index (κ3) is 4.06. The smallest absolute Gasteiger partial charge is 0.258 e. The lowest BCUT2D eigenvalue weighted by molar-refractivity contribution is -0.119. The fraction of sp³-hybridized carbons (Fsp3) is 0.318. The Labute approximate surface area is 163 Å². The summed E-state index contributed by atoms with van der Waals surface area (Å²) in [5.41, 5.74) is 2.37. The molecule has 1 heterocycles. The van der Waals surface area contributed by atoms with Crippen molar-refractivity contribution in [2.24, 2.45) is 5.92 Å². The van der Waals surface area contributed by atoms with Crippen molar-refractivity contribution in [3.05, 3.63) is 48.5 Å². The van der Waals surface area contributed by atoms with Gasteiger partial charge in [0.15, 0.2) is 0 Å². The number of hydrogen-bond donors (Lipinski definition) is 1. The number of anilines is 1. The van der Waals surface area contributed by atoms with Gasteiger partial charge in [-0.3, -0.25) is 4.79 Å². The van der Waals surface area contributed by atoms with Crippen molar-refractivity contribution in [3.63, 3.8) is 0 Å². The predicted octanol–water partition coefficient (Wildman–Crippen LogP) is 4.93. The van der Waals surface area contributed by atoms with Crippen molar-refractivity contribution in [1.82, 2.24) is 10.1 Å². The highest BCUT2D eigenvalue weighted by Crippen LogP contribution is 2.28. The topological polar surface area (TPSA) is 77.2 Å². The molecule has 3 aromatic rings. The molecule has 1 aliphatic carbocycles. The van der Waals surface area contributed by atoms with E-state index in [1.165, 1.54) is 0 Å². The van der Waals surface area contributed by atoms with Gasteiger partial charge >= 0.3 is 0 Å². The van der Waals surface area contributed by atoms with Gasteiger partial charge in [0, 0.05) is 22.7 Å². The zero-order valence-electron chi connectivity index (χ0n) is 15.9. The van der Waals surface area contributed by atoms with E-state index in [1.54, 1.807) is 0 Å². The molecule has 0 unspecified atom stereocenters. The molecule has 1 aromatic heterocycles. The molecule has 2 aromatic carbocycles. The number of aromatic nitrogens is 2. The minimum Gasteiger partial charge on any atom is -0.494 e. The Morgan fingerprint density at radius 1 is 1.14 bits per heavy atom. The molecule has 6 nitrogen and oxygen atoms in total. The summed E-state index contributed by atoms with van der Waals surface area (Å²) in [4.78, 5) is 16.8. The summed E-state index contributed by atoms with van der Waals surface area (Å²) < 4.78 is 10.9. The van der Waals surface area contributed by atoms with E-state index in [1.807, 2.05) is 55.5 Å². The summed E-state index contributed by atoms with van der Waals surface area (Å²) in [5.74, 6) is 1.95. The summed E-state index contributed by atoms with van der Waals surface area (Å²) in [6.45, 7) is 2.57. The molecule has 1 fully saturated rings. The van der Waals surface area contributed by atoms with Gasteiger partial charge in [-0.2, -0.15) is 4.98 Å². The van der Waals surface area contributed by atoms with Crippen molar-refractivity contribution >= 4 is 11.6 Å². The van der Waals surface area contributed by atoms with Crippen LogP contribution in [0.25, 0.3) is 22.8 Å². The van der Waals surface area contributed by atoms with Crippen molar-refractivity contribution in [2.45, 2.75) is 32.6 Å². The van der Waals surface area contributed by atoms with Crippen molar-refractivity contribution in [3.8, 4) is 28.6 Å². The van der Waals surface area contributed by atoms with Crippen molar-refractivity contribution < 1.29 is 14.1 Å². The van der Waals surface area contributed by atoms with Crippen LogP contribution in [0, 0.1) is 5.92 Å². The van der Waals surface area contributed by atoms with Gasteiger partial charge in [-0.05, 0) is 56.2 Å². The van der Waals surface area contributed by atoms with Crippen LogP contribution >= 0.6 is 0 Å². The second kappa shape index (κ2) is 8.25. The number of hydrogen-bond acceptors (Lipinski definition) is 5. The minimum atomic E-state index is 0.0952. The van der Waals surface area contributed by atoms with Gasteiger partial charge in [0.25, 0.3) is 5.89 Å². The second-order valence-electron chi connectivity index (χ2n) is 6.93. The van der Waals surface area contributed by atoms with Gasteiger partial charge in [-0.1, -0.05) is 30.1 Å². The lowest BCUT2D eigenvalue weighted by Crippen LogP contribution is -2.20. The quantitative estimate of drug-likeness (QED) is 0.659. The molecule has 0 saturated heterocycles. The fourth-order valence-corrected chi connectivity index (χ4v) is 3.49. The van der Waals surface area contributed by atoms with E-state index in [9.17, 15) is 4.79 Å². The molecule has 0 bridgehead atoms. The van der Waals surface area contributed by atoms with Crippen LogP contribution in [0.4, 0.5) is 5.69 Å². The van der Waals surface area contributed by atoms with Gasteiger partial charge < -0.3 is 14.6 Å². The minimum absolute atomic E-state index is 0.0952. The van der Waals surface area contributed by atoms with E-state index in [0.29, 0.717) is 18.3 Å². The third-order valence-corrected chi connectivity index (χ3v) is 4.95. The first-order chi connectivity index (χ1) is 13.7. The average Bonchev–Trinajstić information content (AvgIpc) is 3.42. The molecule has 144 valence electrons. The normalized spacial score (nSPS) is 14.2. The van der Waals surface area contributed by atoms with Crippen LogP contribution in [0.2, 0.25) is 0 Å². The van der Waals surface area contributed by atoms with E-state index in [0.717, 1.165) is 48.2 Å². The van der Waals surface area contributed by atoms with E-state index in [4.69, 9.17) is 9.26 Å². The summed E-state index contributed by atoms with van der Waals surface area (Å²) in [5, 5.41) is 7.10. The maximum absolute atomic E-state index is 12.4. The average molecular weight is 377 g/mol. The number of nitrogens with one attached hydrogen (secondary N) is 1. The van der Waals surface area contributed by atoms with Crippen LogP contribution < -0.4 is 10.1 Å². The molecular formula is C22H23N3O3. The second-order valence-corrected chi connectivity index (χ2v) is 6.93. The number of carbonyl (C=O) groups is 1. The summed E-state index contributed by atoms with van der Waals surface area (Å²) >= 11 is 0. The molecule has 6 heteroatoms. The molecule has 28 heavy (non-hydrogen) atoms. The number of benzene rings is 2. The Kier molecular flexibility index (Phi) is 5.37. The summed E-state index contributed by atoms with van der Waals surface area (Å²) in [6, 6.07) is 15.1. The number of rotatable bonds is 6. The molecule has 0 atom stereocenters. The van der Waals surface area contributed by atoms with E-state index in [2.05, 4.69) is 15.5 Å². The molecule has 4 rings (SSSR count). The lowest BCUT2D eigenvalue weighted by atomic mass is 10.1. The zero-order valence-corrected chi connectivity index (χ0v) is 15.9. The van der Waals surface area contributed by atoms with E-state index in [-0.39, 0.29) is 11.8 Å². The van der Waals surface area contributed by atoms with Gasteiger partial charge in [0.05, 0.1) is 6.61 Å². The monoisotopic (exact) mass is 377 g/mol. The molecule has 0 spiro atoms. The maximum Gasteiger partial charge on any atom is 0.258 e. The number of amides is 1. The van der Waals surface area contributed by atoms with Crippen molar-refractivity contribution in [2.75, 3.05) is 11.9 Å². The largest absolute Gasteiger partial charge is 0.494 e. The lowest BCUT2D eigenvalue weighted by Gasteiger charge is -2.10. The maximum atomic E-state index is 12.4. The Morgan fingerprint density at radius 3 is 2.68 bits per heavy atom. The van der Waals surface area contributed by atoms with E-state index >= 15 is 0 Å². The first kappa shape index (κ1) is 18.2. The number of ether oxygens (including phenoxy) is 1. The van der Waals surface area contributed by atoms with Gasteiger partial charge in [-0.25, -0.2) is 0 Å². The van der Waals surface area contributed by atoms with Crippen LogP contribution in [0.3, 0.4) is 0 Å². The summed E-state index contributed by atoms with van der Waals surface area (Å²) in [7, 11) is 0. The molecule has 0 radical (unpaired) electrons. The van der Waals surface area contributed by atoms with Crippen LogP contribution in [0.5, 0.6) is 5.75 Å². The zero-order chi connectivity index (χ0) is 19.3. The molecule has 1 saturated carbocycles. The molecule has 0 aliphatic heterocycles. The Bertz CT molecular complexity index is 944. The predicted molar refractivity (Wildman–Crippen MR) is 107 cm³/mol. The Hall–Kier alpha value is -3.15. The Morgan fingerprint density at radius 2 is 1.93 bits per heavy atom.